The highest BCUT2D eigenvalue weighted by molar-refractivity contribution is 6.35. The SMILES string of the molecule is CC(CN)CNC(=O)c1cc(Cl)cc(Cl)c1.Cl. The maximum absolute atomic E-state index is 11.7. The fraction of sp³-hybridized carbons (Fsp3) is 0.364. The smallest absolute Gasteiger partial charge is 0.251 e. The molecule has 0 radical (unpaired) electrons. The van der Waals surface area contributed by atoms with Crippen LogP contribution in [0.2, 0.25) is 10.0 Å². The van der Waals surface area contributed by atoms with Gasteiger partial charge in [-0.05, 0) is 30.7 Å². The third-order valence-electron chi connectivity index (χ3n) is 2.14. The Kier molecular flexibility index (Phi) is 7.55. The van der Waals surface area contributed by atoms with Crippen LogP contribution < -0.4 is 11.1 Å². The number of hydrogen-bond donors (Lipinski definition) is 2. The van der Waals surface area contributed by atoms with Crippen molar-refractivity contribution in [2.75, 3.05) is 13.1 Å². The van der Waals surface area contributed by atoms with Crippen LogP contribution in [0, 0.1) is 5.92 Å². The van der Waals surface area contributed by atoms with Crippen molar-refractivity contribution in [1.29, 1.82) is 0 Å². The minimum Gasteiger partial charge on any atom is -0.352 e. The van der Waals surface area contributed by atoms with E-state index < -0.39 is 0 Å². The molecule has 1 unspecified atom stereocenters. The summed E-state index contributed by atoms with van der Waals surface area (Å²) in [6.07, 6.45) is 0. The van der Waals surface area contributed by atoms with E-state index in [0.29, 0.717) is 28.7 Å². The van der Waals surface area contributed by atoms with Gasteiger partial charge in [0, 0.05) is 22.2 Å². The zero-order valence-electron chi connectivity index (χ0n) is 9.37. The largest absolute Gasteiger partial charge is 0.352 e. The number of nitrogens with two attached hydrogens (primary N) is 1. The summed E-state index contributed by atoms with van der Waals surface area (Å²) in [6, 6.07) is 4.74. The molecule has 0 aliphatic heterocycles. The molecule has 96 valence electrons. The lowest BCUT2D eigenvalue weighted by molar-refractivity contribution is 0.0948. The van der Waals surface area contributed by atoms with Crippen molar-refractivity contribution in [2.24, 2.45) is 11.7 Å². The minimum absolute atomic E-state index is 0. The van der Waals surface area contributed by atoms with Crippen molar-refractivity contribution in [3.8, 4) is 0 Å². The van der Waals surface area contributed by atoms with Gasteiger partial charge in [0.15, 0.2) is 0 Å². The summed E-state index contributed by atoms with van der Waals surface area (Å²) >= 11 is 11.6. The van der Waals surface area contributed by atoms with Gasteiger partial charge in [0.2, 0.25) is 0 Å². The van der Waals surface area contributed by atoms with Crippen LogP contribution in [-0.4, -0.2) is 19.0 Å². The molecule has 0 aliphatic carbocycles. The molecule has 6 heteroatoms. The van der Waals surface area contributed by atoms with Gasteiger partial charge in [0.1, 0.15) is 0 Å². The average molecular weight is 298 g/mol. The summed E-state index contributed by atoms with van der Waals surface area (Å²) in [6.45, 7) is 3.04. The lowest BCUT2D eigenvalue weighted by Crippen LogP contribution is -2.31. The highest BCUT2D eigenvalue weighted by atomic mass is 35.5. The molecule has 0 heterocycles. The zero-order valence-corrected chi connectivity index (χ0v) is 11.7. The van der Waals surface area contributed by atoms with E-state index in [-0.39, 0.29) is 24.2 Å². The fourth-order valence-corrected chi connectivity index (χ4v) is 1.66. The average Bonchev–Trinajstić information content (AvgIpc) is 2.23. The standard InChI is InChI=1S/C11H14Cl2N2O.ClH/c1-7(5-14)6-15-11(16)8-2-9(12)4-10(13)3-8;/h2-4,7H,5-6,14H2,1H3,(H,15,16);1H. The van der Waals surface area contributed by atoms with Crippen LogP contribution in [0.4, 0.5) is 0 Å². The number of rotatable bonds is 4. The highest BCUT2D eigenvalue weighted by Gasteiger charge is 2.08. The molecular formula is C11H15Cl3N2O. The third kappa shape index (κ3) is 5.59. The van der Waals surface area contributed by atoms with E-state index in [1.807, 2.05) is 6.92 Å². The van der Waals surface area contributed by atoms with Gasteiger partial charge in [-0.3, -0.25) is 4.79 Å². The summed E-state index contributed by atoms with van der Waals surface area (Å²) in [5, 5.41) is 3.67. The molecule has 1 aromatic carbocycles. The number of benzene rings is 1. The topological polar surface area (TPSA) is 55.1 Å². The Morgan fingerprint density at radius 3 is 2.35 bits per heavy atom. The highest BCUT2D eigenvalue weighted by Crippen LogP contribution is 2.18. The monoisotopic (exact) mass is 296 g/mol. The Bertz CT molecular complexity index is 365. The quantitative estimate of drug-likeness (QED) is 0.898. The van der Waals surface area contributed by atoms with Crippen LogP contribution in [0.5, 0.6) is 0 Å². The molecule has 0 aliphatic rings. The van der Waals surface area contributed by atoms with Crippen molar-refractivity contribution in [3.05, 3.63) is 33.8 Å². The van der Waals surface area contributed by atoms with Crippen molar-refractivity contribution in [2.45, 2.75) is 6.92 Å². The lowest BCUT2D eigenvalue weighted by Gasteiger charge is -2.10. The fourth-order valence-electron chi connectivity index (χ4n) is 1.14. The Balaban J connectivity index is 0.00000256. The number of halogens is 3. The maximum atomic E-state index is 11.7. The molecule has 1 rings (SSSR count). The van der Waals surface area contributed by atoms with Crippen LogP contribution in [0.1, 0.15) is 17.3 Å². The molecule has 0 bridgehead atoms. The van der Waals surface area contributed by atoms with Crippen molar-refractivity contribution >= 4 is 41.5 Å². The Morgan fingerprint density at radius 1 is 1.35 bits per heavy atom. The second kappa shape index (κ2) is 7.77. The Morgan fingerprint density at radius 2 is 1.88 bits per heavy atom. The normalized spacial score (nSPS) is 11.5. The molecule has 1 amide bonds. The molecule has 1 atom stereocenters. The number of carbonyl (C=O) groups excluding carboxylic acids is 1. The van der Waals surface area contributed by atoms with Crippen LogP contribution in [0.3, 0.4) is 0 Å². The molecule has 0 fully saturated rings. The molecule has 0 saturated carbocycles. The summed E-state index contributed by atoms with van der Waals surface area (Å²) in [7, 11) is 0. The van der Waals surface area contributed by atoms with Crippen LogP contribution in [-0.2, 0) is 0 Å². The van der Waals surface area contributed by atoms with Gasteiger partial charge in [0.05, 0.1) is 0 Å². The van der Waals surface area contributed by atoms with E-state index in [9.17, 15) is 4.79 Å². The molecule has 0 saturated heterocycles. The second-order valence-electron chi connectivity index (χ2n) is 3.71. The number of carbonyl (C=O) groups is 1. The first-order chi connectivity index (χ1) is 7.52. The van der Waals surface area contributed by atoms with Gasteiger partial charge in [-0.2, -0.15) is 0 Å². The van der Waals surface area contributed by atoms with Crippen LogP contribution in [0.25, 0.3) is 0 Å². The first kappa shape index (κ1) is 16.5. The summed E-state index contributed by atoms with van der Waals surface area (Å²) in [4.78, 5) is 11.7. The predicted octanol–water partition coefficient (Wildman–Crippen LogP) is 2.74. The second-order valence-corrected chi connectivity index (χ2v) is 4.58. The number of amides is 1. The first-order valence-corrected chi connectivity index (χ1v) is 5.73. The molecule has 3 N–H and O–H groups in total. The van der Waals surface area contributed by atoms with Crippen molar-refractivity contribution in [3.63, 3.8) is 0 Å². The summed E-state index contributed by atoms with van der Waals surface area (Å²) in [5.41, 5.74) is 5.91. The molecule has 1 aromatic rings. The molecule has 0 spiro atoms. The van der Waals surface area contributed by atoms with E-state index in [0.717, 1.165) is 0 Å². The number of nitrogens with one attached hydrogen (secondary N) is 1. The Labute approximate surface area is 117 Å². The molecule has 17 heavy (non-hydrogen) atoms. The van der Waals surface area contributed by atoms with Gasteiger partial charge in [0.25, 0.3) is 5.91 Å². The van der Waals surface area contributed by atoms with Crippen molar-refractivity contribution < 1.29 is 4.79 Å². The zero-order chi connectivity index (χ0) is 12.1. The summed E-state index contributed by atoms with van der Waals surface area (Å²) < 4.78 is 0. The first-order valence-electron chi connectivity index (χ1n) is 4.97. The number of hydrogen-bond acceptors (Lipinski definition) is 2. The lowest BCUT2D eigenvalue weighted by atomic mass is 10.1. The van der Waals surface area contributed by atoms with E-state index in [2.05, 4.69) is 5.32 Å². The van der Waals surface area contributed by atoms with Gasteiger partial charge >= 0.3 is 0 Å². The van der Waals surface area contributed by atoms with E-state index in [1.54, 1.807) is 18.2 Å². The maximum Gasteiger partial charge on any atom is 0.251 e. The minimum atomic E-state index is -0.190. The van der Waals surface area contributed by atoms with Crippen molar-refractivity contribution in [1.82, 2.24) is 5.32 Å². The van der Waals surface area contributed by atoms with E-state index in [4.69, 9.17) is 28.9 Å². The van der Waals surface area contributed by atoms with Crippen LogP contribution in [0.15, 0.2) is 18.2 Å². The van der Waals surface area contributed by atoms with E-state index >= 15 is 0 Å². The van der Waals surface area contributed by atoms with Gasteiger partial charge in [-0.25, -0.2) is 0 Å². The summed E-state index contributed by atoms with van der Waals surface area (Å²) in [5.74, 6) is 0.0586. The molecule has 3 nitrogen and oxygen atoms in total. The van der Waals surface area contributed by atoms with Crippen LogP contribution >= 0.6 is 35.6 Å². The van der Waals surface area contributed by atoms with Gasteiger partial charge < -0.3 is 11.1 Å². The van der Waals surface area contributed by atoms with Gasteiger partial charge in [-0.1, -0.05) is 30.1 Å². The molecule has 0 aromatic heterocycles. The third-order valence-corrected chi connectivity index (χ3v) is 2.57. The van der Waals surface area contributed by atoms with E-state index in [1.165, 1.54) is 0 Å². The molecular weight excluding hydrogens is 282 g/mol. The predicted molar refractivity (Wildman–Crippen MR) is 74.3 cm³/mol. The Hall–Kier alpha value is -0.480. The van der Waals surface area contributed by atoms with Gasteiger partial charge in [-0.15, -0.1) is 12.4 Å².